The molecule has 6 nitrogen and oxygen atoms in total. The first-order valence-electron chi connectivity index (χ1n) is 7.36. The Kier molecular flexibility index (Phi) is 6.22. The minimum atomic E-state index is -0.597. The summed E-state index contributed by atoms with van der Waals surface area (Å²) in [5.41, 5.74) is 6.44. The van der Waals surface area contributed by atoms with Crippen LogP contribution in [-0.4, -0.2) is 23.6 Å². The standard InChI is InChI=1S/C17H16Cl2N2O4/c1-25-17(24)11-4-2-10(3-5-11)6-7-21-14(9-15(20)22)12(18)8-13(19)16(21)23/h2-5,8H,6-7,9H2,1H3,(H2,20,22). The van der Waals surface area contributed by atoms with Gasteiger partial charge < -0.3 is 15.0 Å². The molecule has 132 valence electrons. The van der Waals surface area contributed by atoms with E-state index in [-0.39, 0.29) is 23.0 Å². The highest BCUT2D eigenvalue weighted by atomic mass is 35.5. The molecule has 8 heteroatoms. The number of nitrogens with zero attached hydrogens (tertiary/aromatic N) is 1. The maximum absolute atomic E-state index is 12.3. The van der Waals surface area contributed by atoms with Gasteiger partial charge in [-0.25, -0.2) is 4.79 Å². The number of rotatable bonds is 6. The Morgan fingerprint density at radius 3 is 2.36 bits per heavy atom. The van der Waals surface area contributed by atoms with Gasteiger partial charge >= 0.3 is 5.97 Å². The second-order valence-corrected chi connectivity index (χ2v) is 6.14. The molecule has 2 N–H and O–H groups in total. The van der Waals surface area contributed by atoms with Gasteiger partial charge in [0.25, 0.3) is 5.56 Å². The van der Waals surface area contributed by atoms with Crippen LogP contribution in [0.4, 0.5) is 0 Å². The summed E-state index contributed by atoms with van der Waals surface area (Å²) in [5.74, 6) is -1.02. The van der Waals surface area contributed by atoms with Crippen LogP contribution in [0.3, 0.4) is 0 Å². The van der Waals surface area contributed by atoms with Crippen LogP contribution in [0.15, 0.2) is 35.1 Å². The number of pyridine rings is 1. The topological polar surface area (TPSA) is 91.4 Å². The molecule has 0 atom stereocenters. The zero-order valence-electron chi connectivity index (χ0n) is 13.4. The van der Waals surface area contributed by atoms with Crippen LogP contribution in [0, 0.1) is 0 Å². The summed E-state index contributed by atoms with van der Waals surface area (Å²) >= 11 is 12.0. The molecule has 0 spiro atoms. The number of ether oxygens (including phenoxy) is 1. The molecule has 2 rings (SSSR count). The predicted molar refractivity (Wildman–Crippen MR) is 95.1 cm³/mol. The SMILES string of the molecule is COC(=O)c1ccc(CCn2c(CC(N)=O)c(Cl)cc(Cl)c2=O)cc1. The van der Waals surface area contributed by atoms with Gasteiger partial charge in [-0.15, -0.1) is 0 Å². The minimum Gasteiger partial charge on any atom is -0.465 e. The van der Waals surface area contributed by atoms with Crippen LogP contribution in [0.2, 0.25) is 10.0 Å². The Bertz CT molecular complexity index is 860. The second-order valence-electron chi connectivity index (χ2n) is 5.33. The monoisotopic (exact) mass is 382 g/mol. The molecule has 25 heavy (non-hydrogen) atoms. The van der Waals surface area contributed by atoms with Gasteiger partial charge in [-0.3, -0.25) is 9.59 Å². The predicted octanol–water partition coefficient (Wildman–Crippen LogP) is 2.21. The fourth-order valence-electron chi connectivity index (χ4n) is 2.38. The molecule has 1 heterocycles. The number of nitrogens with two attached hydrogens (primary N) is 1. The first-order chi connectivity index (χ1) is 11.8. The number of methoxy groups -OCH3 is 1. The molecule has 0 bridgehead atoms. The lowest BCUT2D eigenvalue weighted by Gasteiger charge is -2.14. The fraction of sp³-hybridized carbons (Fsp3) is 0.235. The molecule has 0 radical (unpaired) electrons. The van der Waals surface area contributed by atoms with Crippen LogP contribution in [0.1, 0.15) is 21.6 Å². The van der Waals surface area contributed by atoms with Crippen molar-refractivity contribution in [1.82, 2.24) is 4.57 Å². The summed E-state index contributed by atoms with van der Waals surface area (Å²) in [6, 6.07) is 8.11. The van der Waals surface area contributed by atoms with Gasteiger partial charge in [0.05, 0.1) is 24.1 Å². The van der Waals surface area contributed by atoms with Gasteiger partial charge in [-0.2, -0.15) is 0 Å². The summed E-state index contributed by atoms with van der Waals surface area (Å²) in [5, 5.41) is 0.184. The largest absolute Gasteiger partial charge is 0.465 e. The first kappa shape index (κ1) is 19.0. The lowest BCUT2D eigenvalue weighted by molar-refractivity contribution is -0.117. The molecule has 0 fully saturated rings. The van der Waals surface area contributed by atoms with Crippen LogP contribution in [-0.2, 0) is 28.9 Å². The molecule has 0 aliphatic carbocycles. The summed E-state index contributed by atoms with van der Waals surface area (Å²) in [6.45, 7) is 0.263. The molecule has 2 aromatic rings. The van der Waals surface area contributed by atoms with Crippen molar-refractivity contribution in [3.63, 3.8) is 0 Å². The maximum atomic E-state index is 12.3. The average molecular weight is 383 g/mol. The molecule has 0 aliphatic rings. The number of esters is 1. The third-order valence-electron chi connectivity index (χ3n) is 3.65. The number of carbonyl (C=O) groups excluding carboxylic acids is 2. The van der Waals surface area contributed by atoms with E-state index in [0.717, 1.165) is 5.56 Å². The van der Waals surface area contributed by atoms with Gasteiger partial charge in [0, 0.05) is 12.2 Å². The summed E-state index contributed by atoms with van der Waals surface area (Å²) in [7, 11) is 1.31. The van der Waals surface area contributed by atoms with E-state index < -0.39 is 17.4 Å². The van der Waals surface area contributed by atoms with Crippen molar-refractivity contribution in [1.29, 1.82) is 0 Å². The van der Waals surface area contributed by atoms with Crippen molar-refractivity contribution in [2.24, 2.45) is 5.73 Å². The van der Waals surface area contributed by atoms with E-state index in [0.29, 0.717) is 17.7 Å². The second kappa shape index (κ2) is 8.18. The maximum Gasteiger partial charge on any atom is 0.337 e. The number of carbonyl (C=O) groups is 2. The van der Waals surface area contributed by atoms with Crippen LogP contribution in [0.25, 0.3) is 0 Å². The van der Waals surface area contributed by atoms with Crippen molar-refractivity contribution in [3.05, 3.63) is 67.6 Å². The number of aryl methyl sites for hydroxylation is 1. The van der Waals surface area contributed by atoms with Gasteiger partial charge in [0.2, 0.25) is 5.91 Å². The highest BCUT2D eigenvalue weighted by Gasteiger charge is 2.15. The summed E-state index contributed by atoms with van der Waals surface area (Å²) in [6.07, 6.45) is 0.316. The van der Waals surface area contributed by atoms with E-state index in [1.807, 2.05) is 0 Å². The molecule has 1 amide bonds. The first-order valence-corrected chi connectivity index (χ1v) is 8.12. The lowest BCUT2D eigenvalue weighted by Crippen LogP contribution is -2.28. The number of aromatic nitrogens is 1. The van der Waals surface area contributed by atoms with Crippen LogP contribution < -0.4 is 11.3 Å². The normalized spacial score (nSPS) is 10.5. The van der Waals surface area contributed by atoms with E-state index in [9.17, 15) is 14.4 Å². The van der Waals surface area contributed by atoms with E-state index in [1.165, 1.54) is 17.7 Å². The van der Waals surface area contributed by atoms with Crippen molar-refractivity contribution in [2.45, 2.75) is 19.4 Å². The Hall–Kier alpha value is -2.31. The molecule has 0 unspecified atom stereocenters. The number of halogens is 2. The highest BCUT2D eigenvalue weighted by molar-refractivity contribution is 6.34. The van der Waals surface area contributed by atoms with E-state index in [4.69, 9.17) is 28.9 Å². The van der Waals surface area contributed by atoms with Crippen molar-refractivity contribution in [2.75, 3.05) is 7.11 Å². The Morgan fingerprint density at radius 2 is 1.80 bits per heavy atom. The van der Waals surface area contributed by atoms with Gasteiger partial charge in [-0.05, 0) is 30.2 Å². The molecular weight excluding hydrogens is 367 g/mol. The number of amides is 1. The van der Waals surface area contributed by atoms with Crippen LogP contribution in [0.5, 0.6) is 0 Å². The smallest absolute Gasteiger partial charge is 0.337 e. The lowest BCUT2D eigenvalue weighted by atomic mass is 10.1. The third-order valence-corrected chi connectivity index (χ3v) is 4.24. The van der Waals surface area contributed by atoms with Crippen molar-refractivity contribution in [3.8, 4) is 0 Å². The van der Waals surface area contributed by atoms with Crippen LogP contribution >= 0.6 is 23.2 Å². The minimum absolute atomic E-state index is 0.0285. The number of primary amides is 1. The summed E-state index contributed by atoms with van der Waals surface area (Å²) in [4.78, 5) is 35.0. The van der Waals surface area contributed by atoms with Crippen molar-refractivity contribution < 1.29 is 14.3 Å². The Morgan fingerprint density at radius 1 is 1.16 bits per heavy atom. The van der Waals surface area contributed by atoms with Crippen molar-refractivity contribution >= 4 is 35.1 Å². The van der Waals surface area contributed by atoms with E-state index in [1.54, 1.807) is 24.3 Å². The number of benzene rings is 1. The third kappa shape index (κ3) is 4.61. The highest BCUT2D eigenvalue weighted by Crippen LogP contribution is 2.19. The molecule has 0 saturated heterocycles. The van der Waals surface area contributed by atoms with Gasteiger partial charge in [0.1, 0.15) is 5.02 Å². The quantitative estimate of drug-likeness (QED) is 0.775. The Labute approximate surface area is 154 Å². The van der Waals surface area contributed by atoms with E-state index >= 15 is 0 Å². The molecule has 1 aromatic heterocycles. The number of hydrogen-bond acceptors (Lipinski definition) is 4. The summed E-state index contributed by atoms with van der Waals surface area (Å²) < 4.78 is 5.99. The average Bonchev–Trinajstić information content (AvgIpc) is 2.58. The Balaban J connectivity index is 2.26. The zero-order chi connectivity index (χ0) is 18.6. The number of hydrogen-bond donors (Lipinski definition) is 1. The van der Waals surface area contributed by atoms with E-state index in [2.05, 4.69) is 4.74 Å². The molecule has 1 aromatic carbocycles. The van der Waals surface area contributed by atoms with Gasteiger partial charge in [-0.1, -0.05) is 35.3 Å². The molecular formula is C17H16Cl2N2O4. The molecule has 0 saturated carbocycles. The zero-order valence-corrected chi connectivity index (χ0v) is 14.9. The molecule has 0 aliphatic heterocycles. The van der Waals surface area contributed by atoms with Gasteiger partial charge in [0.15, 0.2) is 0 Å². The fourth-order valence-corrected chi connectivity index (χ4v) is 2.93.